The van der Waals surface area contributed by atoms with E-state index >= 15 is 0 Å². The van der Waals surface area contributed by atoms with Gasteiger partial charge in [0.25, 0.3) is 5.91 Å². The first-order valence-electron chi connectivity index (χ1n) is 7.54. The second kappa shape index (κ2) is 5.73. The topological polar surface area (TPSA) is 65.5 Å². The number of hydrogen-bond donors (Lipinski definition) is 2. The first-order valence-corrected chi connectivity index (χ1v) is 7.54. The van der Waals surface area contributed by atoms with Crippen molar-refractivity contribution < 1.29 is 23.2 Å². The monoisotopic (exact) mass is 351 g/mol. The van der Waals surface area contributed by atoms with Crippen molar-refractivity contribution in [3.05, 3.63) is 58.9 Å². The molecule has 1 amide bonds. The Kier molecular flexibility index (Phi) is 3.95. The van der Waals surface area contributed by atoms with Crippen LogP contribution in [0.25, 0.3) is 0 Å². The van der Waals surface area contributed by atoms with Crippen molar-refractivity contribution in [2.45, 2.75) is 32.1 Å². The highest BCUT2D eigenvalue weighted by atomic mass is 19.4. The minimum atomic E-state index is -4.49. The molecular formula is C17H16F3N3O2. The van der Waals surface area contributed by atoms with Gasteiger partial charge in [-0.3, -0.25) is 10.0 Å². The van der Waals surface area contributed by atoms with E-state index in [1.165, 1.54) is 12.3 Å². The molecule has 0 spiro atoms. The number of anilines is 1. The lowest BCUT2D eigenvalue weighted by Crippen LogP contribution is -2.35. The number of carbonyl (C=O) groups excluding carboxylic acids is 1. The van der Waals surface area contributed by atoms with Crippen LogP contribution in [0.4, 0.5) is 18.9 Å². The Labute approximate surface area is 142 Å². The molecule has 2 N–H and O–H groups in total. The summed E-state index contributed by atoms with van der Waals surface area (Å²) in [5, 5.41) is 8.91. The van der Waals surface area contributed by atoms with E-state index in [1.807, 2.05) is 24.8 Å². The van der Waals surface area contributed by atoms with Crippen molar-refractivity contribution in [1.29, 1.82) is 0 Å². The van der Waals surface area contributed by atoms with Crippen molar-refractivity contribution in [3.63, 3.8) is 0 Å². The van der Waals surface area contributed by atoms with Crippen LogP contribution in [0.1, 0.15) is 41.0 Å². The highest BCUT2D eigenvalue weighted by Gasteiger charge is 2.40. The highest BCUT2D eigenvalue weighted by molar-refractivity contribution is 5.95. The molecule has 25 heavy (non-hydrogen) atoms. The van der Waals surface area contributed by atoms with E-state index in [4.69, 9.17) is 5.21 Å². The van der Waals surface area contributed by atoms with Gasteiger partial charge in [0.2, 0.25) is 0 Å². The maximum Gasteiger partial charge on any atom is 0.433 e. The molecule has 0 unspecified atom stereocenters. The van der Waals surface area contributed by atoms with Gasteiger partial charge < -0.3 is 4.90 Å². The molecule has 5 nitrogen and oxygen atoms in total. The van der Waals surface area contributed by atoms with Crippen molar-refractivity contribution in [3.8, 4) is 0 Å². The van der Waals surface area contributed by atoms with Crippen molar-refractivity contribution in [2.75, 3.05) is 4.90 Å². The van der Waals surface area contributed by atoms with E-state index in [0.29, 0.717) is 17.8 Å². The molecule has 0 saturated heterocycles. The number of nitrogens with one attached hydrogen (secondary N) is 1. The van der Waals surface area contributed by atoms with Gasteiger partial charge in [-0.15, -0.1) is 0 Å². The molecule has 0 atom stereocenters. The fourth-order valence-corrected chi connectivity index (χ4v) is 3.23. The Bertz CT molecular complexity index is 817. The quantitative estimate of drug-likeness (QED) is 0.642. The maximum absolute atomic E-state index is 12.7. The normalized spacial score (nSPS) is 15.8. The summed E-state index contributed by atoms with van der Waals surface area (Å²) in [4.78, 5) is 17.3. The van der Waals surface area contributed by atoms with Crippen LogP contribution in [-0.2, 0) is 18.3 Å². The number of aromatic nitrogens is 1. The molecular weight excluding hydrogens is 335 g/mol. The molecule has 0 bridgehead atoms. The Hall–Kier alpha value is -2.61. The zero-order chi connectivity index (χ0) is 18.4. The SMILES string of the molecule is CC1(C)c2cccc(C(=O)NO)c2CN1c1ccc(C(F)(F)F)nc1. The second-order valence-corrected chi connectivity index (χ2v) is 6.32. The van der Waals surface area contributed by atoms with Crippen molar-refractivity contribution >= 4 is 11.6 Å². The third-order valence-corrected chi connectivity index (χ3v) is 4.52. The molecule has 1 aliphatic rings. The summed E-state index contributed by atoms with van der Waals surface area (Å²) in [7, 11) is 0. The Balaban J connectivity index is 2.01. The summed E-state index contributed by atoms with van der Waals surface area (Å²) >= 11 is 0. The lowest BCUT2D eigenvalue weighted by Gasteiger charge is -2.34. The average Bonchev–Trinajstić information content (AvgIpc) is 2.85. The Morgan fingerprint density at radius 2 is 2.00 bits per heavy atom. The van der Waals surface area contributed by atoms with Crippen molar-refractivity contribution in [2.24, 2.45) is 0 Å². The molecule has 0 aliphatic carbocycles. The summed E-state index contributed by atoms with van der Waals surface area (Å²) in [6, 6.07) is 7.47. The number of rotatable bonds is 2. The van der Waals surface area contributed by atoms with Gasteiger partial charge in [0.1, 0.15) is 5.69 Å². The van der Waals surface area contributed by atoms with E-state index in [0.717, 1.165) is 17.2 Å². The largest absolute Gasteiger partial charge is 0.433 e. The number of hydroxylamine groups is 1. The van der Waals surface area contributed by atoms with Gasteiger partial charge >= 0.3 is 6.18 Å². The summed E-state index contributed by atoms with van der Waals surface area (Å²) in [6.45, 7) is 4.15. The number of benzene rings is 1. The van der Waals surface area contributed by atoms with Gasteiger partial charge in [-0.2, -0.15) is 13.2 Å². The summed E-state index contributed by atoms with van der Waals surface area (Å²) in [5.74, 6) is -0.625. The van der Waals surface area contributed by atoms with Crippen molar-refractivity contribution in [1.82, 2.24) is 10.5 Å². The first-order chi connectivity index (χ1) is 11.7. The number of hydrogen-bond acceptors (Lipinski definition) is 4. The van der Waals surface area contributed by atoms with E-state index in [1.54, 1.807) is 17.6 Å². The molecule has 0 saturated carbocycles. The molecule has 0 radical (unpaired) electrons. The molecule has 132 valence electrons. The molecule has 1 aromatic carbocycles. The van der Waals surface area contributed by atoms with Gasteiger partial charge in [0, 0.05) is 12.1 Å². The molecule has 3 rings (SSSR count). The summed E-state index contributed by atoms with van der Waals surface area (Å²) in [6.07, 6.45) is -3.31. The lowest BCUT2D eigenvalue weighted by atomic mass is 9.91. The van der Waals surface area contributed by atoms with Crippen LogP contribution in [0.5, 0.6) is 0 Å². The van der Waals surface area contributed by atoms with Crippen LogP contribution in [0, 0.1) is 0 Å². The van der Waals surface area contributed by atoms with Gasteiger partial charge in [0.15, 0.2) is 0 Å². The van der Waals surface area contributed by atoms with Crippen LogP contribution in [0.15, 0.2) is 36.5 Å². The van der Waals surface area contributed by atoms with E-state index in [9.17, 15) is 18.0 Å². The van der Waals surface area contributed by atoms with Gasteiger partial charge in [-0.1, -0.05) is 12.1 Å². The number of alkyl halides is 3. The number of amides is 1. The fourth-order valence-electron chi connectivity index (χ4n) is 3.23. The van der Waals surface area contributed by atoms with Gasteiger partial charge in [0.05, 0.1) is 17.4 Å². The van der Waals surface area contributed by atoms with E-state index < -0.39 is 23.3 Å². The number of halogens is 3. The van der Waals surface area contributed by atoms with E-state index in [2.05, 4.69) is 4.98 Å². The van der Waals surface area contributed by atoms with E-state index in [-0.39, 0.29) is 0 Å². The van der Waals surface area contributed by atoms with Gasteiger partial charge in [-0.25, -0.2) is 10.5 Å². The molecule has 8 heteroatoms. The zero-order valence-corrected chi connectivity index (χ0v) is 13.6. The number of pyridine rings is 1. The number of nitrogens with zero attached hydrogens (tertiary/aromatic N) is 2. The Morgan fingerprint density at radius 1 is 1.28 bits per heavy atom. The third-order valence-electron chi connectivity index (χ3n) is 4.52. The van der Waals surface area contributed by atoms with Crippen LogP contribution in [0.2, 0.25) is 0 Å². The molecule has 2 aromatic rings. The first kappa shape index (κ1) is 17.2. The van der Waals surface area contributed by atoms with Crippen LogP contribution in [0.3, 0.4) is 0 Å². The summed E-state index contributed by atoms with van der Waals surface area (Å²) < 4.78 is 38.1. The second-order valence-electron chi connectivity index (χ2n) is 6.32. The van der Waals surface area contributed by atoms with Crippen LogP contribution in [-0.4, -0.2) is 16.1 Å². The standard InChI is InChI=1S/C17H16F3N3O2/c1-16(2)13-5-3-4-11(15(24)22-25)12(13)9-23(16)10-6-7-14(21-8-10)17(18,19)20/h3-8,25H,9H2,1-2H3,(H,22,24). The van der Waals surface area contributed by atoms with Crippen LogP contribution < -0.4 is 10.4 Å². The average molecular weight is 351 g/mol. The third kappa shape index (κ3) is 2.82. The highest BCUT2D eigenvalue weighted by Crippen LogP contribution is 2.43. The zero-order valence-electron chi connectivity index (χ0n) is 13.6. The maximum atomic E-state index is 12.7. The molecule has 2 heterocycles. The molecule has 0 fully saturated rings. The van der Waals surface area contributed by atoms with Crippen LogP contribution >= 0.6 is 0 Å². The minimum absolute atomic E-state index is 0.318. The predicted octanol–water partition coefficient (Wildman–Crippen LogP) is 3.47. The molecule has 1 aliphatic heterocycles. The smallest absolute Gasteiger partial charge is 0.357 e. The number of fused-ring (bicyclic) bond motifs is 1. The molecule has 1 aromatic heterocycles. The number of carbonyl (C=O) groups is 1. The predicted molar refractivity (Wildman–Crippen MR) is 84.1 cm³/mol. The minimum Gasteiger partial charge on any atom is -0.357 e. The summed E-state index contributed by atoms with van der Waals surface area (Å²) in [5.41, 5.74) is 2.55. The lowest BCUT2D eigenvalue weighted by molar-refractivity contribution is -0.141. The fraction of sp³-hybridized carbons (Fsp3) is 0.294. The van der Waals surface area contributed by atoms with Gasteiger partial charge in [-0.05, 0) is 43.2 Å². The Morgan fingerprint density at radius 3 is 2.56 bits per heavy atom.